The number of hydrogen-bond acceptors (Lipinski definition) is 4. The van der Waals surface area contributed by atoms with Gasteiger partial charge in [-0.05, 0) is 70.4 Å². The summed E-state index contributed by atoms with van der Waals surface area (Å²) < 4.78 is 19.8. The smallest absolute Gasteiger partial charge is 0.340 e. The molecule has 0 amide bonds. The van der Waals surface area contributed by atoms with E-state index in [2.05, 4.69) is 16.7 Å². The summed E-state index contributed by atoms with van der Waals surface area (Å²) in [6.45, 7) is 11.0. The Balaban J connectivity index is 1.90. The topological polar surface area (TPSA) is 49.7 Å². The van der Waals surface area contributed by atoms with Crippen molar-refractivity contribution < 1.29 is 19.0 Å². The number of carbonyl (C=O) groups excluding carboxylic acids is 1. The van der Waals surface area contributed by atoms with Gasteiger partial charge in [0.15, 0.2) is 11.5 Å². The number of aryl methyl sites for hydroxylation is 1. The van der Waals surface area contributed by atoms with Gasteiger partial charge in [0.25, 0.3) is 0 Å². The number of fused-ring (bicyclic) bond motifs is 3. The molecule has 5 nitrogen and oxygen atoms in total. The Morgan fingerprint density at radius 3 is 2.25 bits per heavy atom. The maximum Gasteiger partial charge on any atom is 0.340 e. The molecule has 0 spiro atoms. The molecule has 1 aromatic heterocycles. The molecule has 1 aliphatic heterocycles. The van der Waals surface area contributed by atoms with E-state index < -0.39 is 0 Å². The molecule has 2 heterocycles. The van der Waals surface area contributed by atoms with Gasteiger partial charge in [-0.3, -0.25) is 0 Å². The van der Waals surface area contributed by atoms with Crippen molar-refractivity contribution in [2.45, 2.75) is 59.8 Å². The van der Waals surface area contributed by atoms with E-state index in [4.69, 9.17) is 14.2 Å². The van der Waals surface area contributed by atoms with Crippen LogP contribution in [0.2, 0.25) is 0 Å². The molecule has 2 aromatic carbocycles. The molecule has 0 saturated heterocycles. The van der Waals surface area contributed by atoms with E-state index in [9.17, 15) is 4.79 Å². The third kappa shape index (κ3) is 4.24. The van der Waals surface area contributed by atoms with Crippen LogP contribution in [-0.2, 0) is 17.7 Å². The number of rotatable bonds is 7. The van der Waals surface area contributed by atoms with Crippen LogP contribution in [0.4, 0.5) is 0 Å². The van der Waals surface area contributed by atoms with Crippen molar-refractivity contribution in [3.8, 4) is 34.0 Å². The first kappa shape index (κ1) is 22.0. The maximum absolute atomic E-state index is 12.9. The van der Waals surface area contributed by atoms with Crippen LogP contribution in [0.5, 0.6) is 11.5 Å². The molecule has 32 heavy (non-hydrogen) atoms. The van der Waals surface area contributed by atoms with Crippen LogP contribution in [0.15, 0.2) is 48.5 Å². The summed E-state index contributed by atoms with van der Waals surface area (Å²) in [4.78, 5) is 12.9. The van der Waals surface area contributed by atoms with Gasteiger partial charge in [0.05, 0.1) is 30.1 Å². The lowest BCUT2D eigenvalue weighted by molar-refractivity contribution is 0.0527. The Morgan fingerprint density at radius 2 is 1.62 bits per heavy atom. The summed E-state index contributed by atoms with van der Waals surface area (Å²) in [5, 5.41) is 0. The lowest BCUT2D eigenvalue weighted by atomic mass is 9.97. The normalized spacial score (nSPS) is 12.5. The average Bonchev–Trinajstić information content (AvgIpc) is 3.14. The monoisotopic (exact) mass is 433 g/mol. The van der Waals surface area contributed by atoms with Crippen molar-refractivity contribution in [3.05, 3.63) is 59.7 Å². The van der Waals surface area contributed by atoms with Gasteiger partial charge in [-0.1, -0.05) is 30.3 Å². The van der Waals surface area contributed by atoms with E-state index in [1.54, 1.807) is 0 Å². The molecule has 4 rings (SSSR count). The molecular weight excluding hydrogens is 402 g/mol. The zero-order valence-corrected chi connectivity index (χ0v) is 19.5. The van der Waals surface area contributed by atoms with E-state index >= 15 is 0 Å². The number of nitrogens with zero attached hydrogens (tertiary/aromatic N) is 1. The minimum Gasteiger partial charge on any atom is -0.487 e. The highest BCUT2D eigenvalue weighted by atomic mass is 16.5. The van der Waals surface area contributed by atoms with Crippen molar-refractivity contribution in [2.24, 2.45) is 0 Å². The zero-order chi connectivity index (χ0) is 22.8. The molecule has 0 radical (unpaired) electrons. The SMILES string of the molecule is CCOC(=O)c1cc2n(c1-c1ccccc1)CCc1cc(OC(C)C)c(OC(C)C)cc1-2. The molecule has 0 N–H and O–H groups in total. The Labute approximate surface area is 189 Å². The second kappa shape index (κ2) is 9.11. The first-order chi connectivity index (χ1) is 15.4. The first-order valence-electron chi connectivity index (χ1n) is 11.4. The Hall–Kier alpha value is -3.21. The van der Waals surface area contributed by atoms with Crippen LogP contribution in [-0.4, -0.2) is 29.4 Å². The molecule has 0 atom stereocenters. The molecular formula is C27H31NO4. The van der Waals surface area contributed by atoms with Crippen molar-refractivity contribution in [1.82, 2.24) is 4.57 Å². The predicted octanol–water partition coefficient (Wildman–Crippen LogP) is 6.13. The predicted molar refractivity (Wildman–Crippen MR) is 126 cm³/mol. The molecule has 0 bridgehead atoms. The average molecular weight is 434 g/mol. The van der Waals surface area contributed by atoms with Gasteiger partial charge in [0.2, 0.25) is 0 Å². The van der Waals surface area contributed by atoms with E-state index in [1.165, 1.54) is 5.56 Å². The third-order valence-electron chi connectivity index (χ3n) is 5.42. The van der Waals surface area contributed by atoms with Gasteiger partial charge in [-0.15, -0.1) is 0 Å². The second-order valence-corrected chi connectivity index (χ2v) is 8.57. The number of aromatic nitrogens is 1. The summed E-state index contributed by atoms with van der Waals surface area (Å²) in [6, 6.07) is 16.1. The summed E-state index contributed by atoms with van der Waals surface area (Å²) in [5.41, 5.74) is 5.75. The number of hydrogen-bond donors (Lipinski definition) is 0. The van der Waals surface area contributed by atoms with E-state index in [1.807, 2.05) is 71.0 Å². The van der Waals surface area contributed by atoms with E-state index in [0.29, 0.717) is 12.2 Å². The van der Waals surface area contributed by atoms with Crippen molar-refractivity contribution in [1.29, 1.82) is 0 Å². The number of esters is 1. The quantitative estimate of drug-likeness (QED) is 0.421. The van der Waals surface area contributed by atoms with E-state index in [0.717, 1.165) is 47.0 Å². The zero-order valence-electron chi connectivity index (χ0n) is 19.5. The fourth-order valence-electron chi connectivity index (χ4n) is 4.25. The highest BCUT2D eigenvalue weighted by Gasteiger charge is 2.28. The third-order valence-corrected chi connectivity index (χ3v) is 5.42. The number of carbonyl (C=O) groups is 1. The van der Waals surface area contributed by atoms with Crippen LogP contribution >= 0.6 is 0 Å². The fourth-order valence-corrected chi connectivity index (χ4v) is 4.25. The van der Waals surface area contributed by atoms with Crippen molar-refractivity contribution in [2.75, 3.05) is 6.61 Å². The van der Waals surface area contributed by atoms with Gasteiger partial charge in [0.1, 0.15) is 0 Å². The Bertz CT molecular complexity index is 1110. The highest BCUT2D eigenvalue weighted by Crippen LogP contribution is 2.43. The molecule has 5 heteroatoms. The van der Waals surface area contributed by atoms with E-state index in [-0.39, 0.29) is 18.2 Å². The summed E-state index contributed by atoms with van der Waals surface area (Å²) in [7, 11) is 0. The number of benzene rings is 2. The molecule has 0 fully saturated rings. The van der Waals surface area contributed by atoms with Crippen LogP contribution in [0.25, 0.3) is 22.5 Å². The second-order valence-electron chi connectivity index (χ2n) is 8.57. The number of ether oxygens (including phenoxy) is 3. The van der Waals surface area contributed by atoms with Crippen LogP contribution in [0.3, 0.4) is 0 Å². The standard InChI is InChI=1S/C27H31NO4/c1-6-30-27(29)22-15-23-21-16-25(32-18(4)5)24(31-17(2)3)14-20(21)12-13-28(23)26(22)19-10-8-7-9-11-19/h7-11,14-18H,6,12-13H2,1-5H3. The summed E-state index contributed by atoms with van der Waals surface area (Å²) in [6.07, 6.45) is 0.915. The lowest BCUT2D eigenvalue weighted by Gasteiger charge is -2.25. The first-order valence-corrected chi connectivity index (χ1v) is 11.4. The van der Waals surface area contributed by atoms with Crippen molar-refractivity contribution >= 4 is 5.97 Å². The highest BCUT2D eigenvalue weighted by molar-refractivity contribution is 5.99. The summed E-state index contributed by atoms with van der Waals surface area (Å²) >= 11 is 0. The van der Waals surface area contributed by atoms with Gasteiger partial charge < -0.3 is 18.8 Å². The fraction of sp³-hybridized carbons (Fsp3) is 0.370. The largest absolute Gasteiger partial charge is 0.487 e. The molecule has 168 valence electrons. The molecule has 0 aliphatic carbocycles. The summed E-state index contributed by atoms with van der Waals surface area (Å²) in [5.74, 6) is 1.19. The van der Waals surface area contributed by atoms with Crippen LogP contribution in [0.1, 0.15) is 50.5 Å². The minimum atomic E-state index is -0.298. The van der Waals surface area contributed by atoms with Gasteiger partial charge in [0, 0.05) is 17.8 Å². The maximum atomic E-state index is 12.9. The Morgan fingerprint density at radius 1 is 0.969 bits per heavy atom. The molecule has 1 aliphatic rings. The molecule has 0 saturated carbocycles. The van der Waals surface area contributed by atoms with Gasteiger partial charge in [-0.2, -0.15) is 0 Å². The molecule has 0 unspecified atom stereocenters. The van der Waals surface area contributed by atoms with Crippen LogP contribution in [0, 0.1) is 0 Å². The van der Waals surface area contributed by atoms with Gasteiger partial charge >= 0.3 is 5.97 Å². The molecule has 3 aromatic rings. The van der Waals surface area contributed by atoms with Crippen LogP contribution < -0.4 is 9.47 Å². The van der Waals surface area contributed by atoms with Crippen molar-refractivity contribution in [3.63, 3.8) is 0 Å². The Kier molecular flexibility index (Phi) is 6.26. The minimum absolute atomic E-state index is 0.0212. The lowest BCUT2D eigenvalue weighted by Crippen LogP contribution is -2.15. The van der Waals surface area contributed by atoms with Gasteiger partial charge in [-0.25, -0.2) is 4.79 Å².